The fourth-order valence-corrected chi connectivity index (χ4v) is 2.19. The predicted molar refractivity (Wildman–Crippen MR) is 67.6 cm³/mol. The zero-order valence-corrected chi connectivity index (χ0v) is 12.6. The Morgan fingerprint density at radius 2 is 2.17 bits per heavy atom. The number of nitrogens with zero attached hydrogens (tertiary/aromatic N) is 1. The second-order valence-electron chi connectivity index (χ2n) is 2.96. The number of halogens is 5. The topological polar surface area (TPSA) is 48.4 Å². The van der Waals surface area contributed by atoms with Gasteiger partial charge in [0.25, 0.3) is 0 Å². The number of ether oxygens (including phenoxy) is 2. The van der Waals surface area contributed by atoms with E-state index in [9.17, 15) is 18.0 Å². The van der Waals surface area contributed by atoms with Crippen LogP contribution in [0.15, 0.2) is 6.07 Å². The van der Waals surface area contributed by atoms with Gasteiger partial charge in [0.1, 0.15) is 9.26 Å². The van der Waals surface area contributed by atoms with Gasteiger partial charge in [-0.25, -0.2) is 9.78 Å². The number of pyridine rings is 1. The molecule has 1 aromatic heterocycles. The van der Waals surface area contributed by atoms with E-state index in [-0.39, 0.29) is 14.6 Å². The van der Waals surface area contributed by atoms with Crippen molar-refractivity contribution in [1.29, 1.82) is 0 Å². The average Bonchev–Trinajstić information content (AvgIpc) is 2.25. The maximum Gasteiger partial charge on any atom is 0.574 e. The van der Waals surface area contributed by atoms with Crippen molar-refractivity contribution in [3.63, 3.8) is 0 Å². The quantitative estimate of drug-likeness (QED) is 0.314. The molecule has 18 heavy (non-hydrogen) atoms. The summed E-state index contributed by atoms with van der Waals surface area (Å²) in [5, 5.41) is 0.171. The molecular weight excluding hydrogens is 434 g/mol. The van der Waals surface area contributed by atoms with Crippen LogP contribution in [-0.2, 0) is 10.1 Å². The zero-order valence-electron chi connectivity index (χ0n) is 8.85. The number of carbonyl (C=O) groups is 1. The molecular formula is C9H6BrF3INO3. The molecule has 0 radical (unpaired) electrons. The molecule has 0 aliphatic carbocycles. The fourth-order valence-electron chi connectivity index (χ4n) is 1.15. The zero-order chi connectivity index (χ0) is 13.9. The van der Waals surface area contributed by atoms with Crippen LogP contribution >= 0.6 is 38.5 Å². The van der Waals surface area contributed by atoms with E-state index in [2.05, 4.69) is 30.4 Å². The van der Waals surface area contributed by atoms with Gasteiger partial charge in [0.15, 0.2) is 0 Å². The van der Waals surface area contributed by atoms with Gasteiger partial charge in [0, 0.05) is 5.33 Å². The highest BCUT2D eigenvalue weighted by Gasteiger charge is 2.35. The summed E-state index contributed by atoms with van der Waals surface area (Å²) >= 11 is 4.80. The van der Waals surface area contributed by atoms with Crippen molar-refractivity contribution >= 4 is 44.5 Å². The lowest BCUT2D eigenvalue weighted by atomic mass is 10.1. The molecule has 0 aliphatic rings. The van der Waals surface area contributed by atoms with Gasteiger partial charge in [-0.3, -0.25) is 0 Å². The first kappa shape index (κ1) is 15.5. The van der Waals surface area contributed by atoms with Gasteiger partial charge in [-0.05, 0) is 34.2 Å². The summed E-state index contributed by atoms with van der Waals surface area (Å²) in [4.78, 5) is 15.0. The maximum atomic E-state index is 12.2. The SMILES string of the molecule is COC(=O)c1c(CBr)cc(I)nc1OC(F)(F)F. The van der Waals surface area contributed by atoms with Crippen molar-refractivity contribution in [3.8, 4) is 5.88 Å². The van der Waals surface area contributed by atoms with Gasteiger partial charge in [-0.15, -0.1) is 13.2 Å². The van der Waals surface area contributed by atoms with E-state index in [1.54, 1.807) is 22.6 Å². The summed E-state index contributed by atoms with van der Waals surface area (Å²) in [6.45, 7) is 0. The van der Waals surface area contributed by atoms with Crippen LogP contribution in [0.2, 0.25) is 0 Å². The molecule has 1 aromatic rings. The molecule has 0 N–H and O–H groups in total. The minimum atomic E-state index is -4.93. The number of alkyl halides is 4. The summed E-state index contributed by atoms with van der Waals surface area (Å²) in [6, 6.07) is 1.46. The van der Waals surface area contributed by atoms with Gasteiger partial charge in [0.2, 0.25) is 5.88 Å². The number of rotatable bonds is 3. The smallest absolute Gasteiger partial charge is 0.465 e. The Kier molecular flexibility index (Phi) is 5.20. The lowest BCUT2D eigenvalue weighted by Gasteiger charge is -2.13. The van der Waals surface area contributed by atoms with E-state index in [1.165, 1.54) is 6.07 Å². The third-order valence-corrected chi connectivity index (χ3v) is 2.94. The largest absolute Gasteiger partial charge is 0.574 e. The molecule has 100 valence electrons. The van der Waals surface area contributed by atoms with Crippen molar-refractivity contribution < 1.29 is 27.4 Å². The molecule has 9 heteroatoms. The lowest BCUT2D eigenvalue weighted by molar-refractivity contribution is -0.276. The Labute approximate surface area is 122 Å². The minimum Gasteiger partial charge on any atom is -0.465 e. The molecule has 0 saturated heterocycles. The van der Waals surface area contributed by atoms with Crippen LogP contribution in [-0.4, -0.2) is 24.4 Å². The number of methoxy groups -OCH3 is 1. The van der Waals surface area contributed by atoms with Gasteiger partial charge < -0.3 is 9.47 Å². The van der Waals surface area contributed by atoms with Crippen molar-refractivity contribution in [3.05, 3.63) is 20.9 Å². The monoisotopic (exact) mass is 439 g/mol. The van der Waals surface area contributed by atoms with Crippen molar-refractivity contribution in [1.82, 2.24) is 4.98 Å². The van der Waals surface area contributed by atoms with Crippen LogP contribution in [0, 0.1) is 3.70 Å². The Balaban J connectivity index is 3.37. The predicted octanol–water partition coefficient (Wildman–Crippen LogP) is 3.27. The minimum absolute atomic E-state index is 0.171. The Morgan fingerprint density at radius 1 is 1.56 bits per heavy atom. The standard InChI is InChI=1S/C9H6BrF3INO3/c1-17-8(16)6-4(3-10)2-5(14)15-7(6)18-9(11,12)13/h2H,3H2,1H3. The van der Waals surface area contributed by atoms with Crippen LogP contribution < -0.4 is 4.74 Å². The van der Waals surface area contributed by atoms with E-state index in [4.69, 9.17) is 0 Å². The summed E-state index contributed by atoms with van der Waals surface area (Å²) < 4.78 is 45.1. The van der Waals surface area contributed by atoms with Gasteiger partial charge in [-0.1, -0.05) is 15.9 Å². The normalized spacial score (nSPS) is 11.2. The van der Waals surface area contributed by atoms with Crippen LogP contribution in [0.3, 0.4) is 0 Å². The Hall–Kier alpha value is -0.580. The van der Waals surface area contributed by atoms with Crippen molar-refractivity contribution in [2.75, 3.05) is 7.11 Å². The van der Waals surface area contributed by atoms with E-state index in [1.807, 2.05) is 0 Å². The van der Waals surface area contributed by atoms with Gasteiger partial charge >= 0.3 is 12.3 Å². The van der Waals surface area contributed by atoms with E-state index >= 15 is 0 Å². The molecule has 0 atom stereocenters. The van der Waals surface area contributed by atoms with E-state index in [0.717, 1.165) is 7.11 Å². The molecule has 0 aliphatic heterocycles. The first-order chi connectivity index (χ1) is 8.28. The Bertz CT molecular complexity index is 467. The molecule has 4 nitrogen and oxygen atoms in total. The first-order valence-corrected chi connectivity index (χ1v) is 6.58. The summed E-state index contributed by atoms with van der Waals surface area (Å²) in [6.07, 6.45) is -4.93. The highest BCUT2D eigenvalue weighted by atomic mass is 127. The van der Waals surface area contributed by atoms with Gasteiger partial charge in [0.05, 0.1) is 7.11 Å². The van der Waals surface area contributed by atoms with E-state index in [0.29, 0.717) is 5.56 Å². The number of hydrogen-bond donors (Lipinski definition) is 0. The first-order valence-electron chi connectivity index (χ1n) is 4.38. The third-order valence-electron chi connectivity index (χ3n) is 1.78. The number of esters is 1. The summed E-state index contributed by atoms with van der Waals surface area (Å²) in [5.41, 5.74) is -0.0346. The summed E-state index contributed by atoms with van der Waals surface area (Å²) in [7, 11) is 1.07. The molecule has 0 spiro atoms. The Morgan fingerprint density at radius 3 is 2.61 bits per heavy atom. The van der Waals surface area contributed by atoms with Crippen LogP contribution in [0.25, 0.3) is 0 Å². The highest BCUT2D eigenvalue weighted by Crippen LogP contribution is 2.29. The maximum absolute atomic E-state index is 12.2. The van der Waals surface area contributed by atoms with Crippen molar-refractivity contribution in [2.45, 2.75) is 11.7 Å². The van der Waals surface area contributed by atoms with Crippen molar-refractivity contribution in [2.24, 2.45) is 0 Å². The second kappa shape index (κ2) is 6.04. The molecule has 0 aromatic carbocycles. The highest BCUT2D eigenvalue weighted by molar-refractivity contribution is 14.1. The van der Waals surface area contributed by atoms with Crippen LogP contribution in [0.4, 0.5) is 13.2 Å². The third kappa shape index (κ3) is 3.97. The molecule has 0 fully saturated rings. The molecule has 0 amide bonds. The average molecular weight is 440 g/mol. The van der Waals surface area contributed by atoms with Gasteiger partial charge in [-0.2, -0.15) is 0 Å². The second-order valence-corrected chi connectivity index (χ2v) is 4.62. The fraction of sp³-hybridized carbons (Fsp3) is 0.333. The molecule has 0 unspecified atom stereocenters. The molecule has 0 bridgehead atoms. The number of carbonyl (C=O) groups excluding carboxylic acids is 1. The molecule has 0 saturated carbocycles. The molecule has 1 rings (SSSR count). The van der Waals surface area contributed by atoms with Crippen LogP contribution in [0.1, 0.15) is 15.9 Å². The van der Waals surface area contributed by atoms with Crippen LogP contribution in [0.5, 0.6) is 5.88 Å². The lowest BCUT2D eigenvalue weighted by Crippen LogP contribution is -2.21. The van der Waals surface area contributed by atoms with E-state index < -0.39 is 18.2 Å². The summed E-state index contributed by atoms with van der Waals surface area (Å²) in [5.74, 6) is -1.75. The molecule has 1 heterocycles. The number of hydrogen-bond acceptors (Lipinski definition) is 4. The number of aromatic nitrogens is 1.